The van der Waals surface area contributed by atoms with Gasteiger partial charge in [-0.3, -0.25) is 0 Å². The van der Waals surface area contributed by atoms with Gasteiger partial charge in [-0.2, -0.15) is 0 Å². The highest BCUT2D eigenvalue weighted by atomic mass is 16.6. The summed E-state index contributed by atoms with van der Waals surface area (Å²) in [6, 6.07) is 0. The van der Waals surface area contributed by atoms with Gasteiger partial charge in [-0.25, -0.2) is 9.59 Å². The molecule has 4 unspecified atom stereocenters. The standard InChI is InChI=1S/C16H24O6/c1-5-13(18)21-10-15(3,20)11-7-8-16(4,12(17)9-11)22-14(19)6-2/h5-6,11-12,17,20H,1-2,7-10H2,3-4H3. The molecule has 1 saturated carbocycles. The van der Waals surface area contributed by atoms with Crippen molar-refractivity contribution in [3.63, 3.8) is 0 Å². The molecule has 4 atom stereocenters. The molecule has 0 bridgehead atoms. The van der Waals surface area contributed by atoms with Gasteiger partial charge in [-0.1, -0.05) is 13.2 Å². The highest BCUT2D eigenvalue weighted by Gasteiger charge is 2.47. The second-order valence-corrected chi connectivity index (χ2v) is 6.09. The molecule has 0 heterocycles. The van der Waals surface area contributed by atoms with E-state index >= 15 is 0 Å². The van der Waals surface area contributed by atoms with Crippen LogP contribution in [0.4, 0.5) is 0 Å². The second kappa shape index (κ2) is 7.07. The van der Waals surface area contributed by atoms with Crippen molar-refractivity contribution in [2.75, 3.05) is 6.61 Å². The molecular weight excluding hydrogens is 288 g/mol. The first-order valence-electron chi connectivity index (χ1n) is 7.19. The van der Waals surface area contributed by atoms with Gasteiger partial charge >= 0.3 is 11.9 Å². The van der Waals surface area contributed by atoms with E-state index < -0.39 is 29.2 Å². The predicted molar refractivity (Wildman–Crippen MR) is 79.8 cm³/mol. The fraction of sp³-hybridized carbons (Fsp3) is 0.625. The van der Waals surface area contributed by atoms with Crippen molar-refractivity contribution < 1.29 is 29.3 Å². The number of esters is 2. The average Bonchev–Trinajstić information content (AvgIpc) is 2.47. The van der Waals surface area contributed by atoms with Crippen molar-refractivity contribution >= 4 is 11.9 Å². The molecule has 6 heteroatoms. The molecule has 1 rings (SSSR count). The van der Waals surface area contributed by atoms with Gasteiger partial charge in [-0.15, -0.1) is 0 Å². The van der Waals surface area contributed by atoms with E-state index in [1.807, 2.05) is 0 Å². The lowest BCUT2D eigenvalue weighted by atomic mass is 9.71. The number of aliphatic hydroxyl groups excluding tert-OH is 1. The van der Waals surface area contributed by atoms with E-state index in [0.29, 0.717) is 12.8 Å². The fourth-order valence-electron chi connectivity index (χ4n) is 2.61. The monoisotopic (exact) mass is 312 g/mol. The first kappa shape index (κ1) is 18.4. The number of carbonyl (C=O) groups excluding carboxylic acids is 2. The zero-order valence-electron chi connectivity index (χ0n) is 13.1. The molecule has 0 aromatic carbocycles. The minimum absolute atomic E-state index is 0.182. The molecule has 1 aliphatic carbocycles. The van der Waals surface area contributed by atoms with Crippen molar-refractivity contribution in [2.45, 2.75) is 50.4 Å². The van der Waals surface area contributed by atoms with Crippen molar-refractivity contribution in [2.24, 2.45) is 5.92 Å². The topological polar surface area (TPSA) is 93.1 Å². The summed E-state index contributed by atoms with van der Waals surface area (Å²) in [5.74, 6) is -1.48. The molecule has 1 fully saturated rings. The Morgan fingerprint density at radius 3 is 2.45 bits per heavy atom. The van der Waals surface area contributed by atoms with Gasteiger partial charge in [0.2, 0.25) is 0 Å². The smallest absolute Gasteiger partial charge is 0.330 e. The van der Waals surface area contributed by atoms with Crippen LogP contribution >= 0.6 is 0 Å². The molecule has 22 heavy (non-hydrogen) atoms. The highest BCUT2D eigenvalue weighted by molar-refractivity contribution is 5.81. The molecule has 0 aromatic heterocycles. The Morgan fingerprint density at radius 1 is 1.36 bits per heavy atom. The van der Waals surface area contributed by atoms with Gasteiger partial charge < -0.3 is 19.7 Å². The zero-order valence-corrected chi connectivity index (χ0v) is 13.1. The van der Waals surface area contributed by atoms with Crippen LogP contribution in [0.1, 0.15) is 33.1 Å². The molecule has 0 aliphatic heterocycles. The van der Waals surface area contributed by atoms with Crippen LogP contribution in [0.2, 0.25) is 0 Å². The maximum absolute atomic E-state index is 11.4. The molecule has 124 valence electrons. The Balaban J connectivity index is 2.68. The number of aliphatic hydroxyl groups is 2. The van der Waals surface area contributed by atoms with E-state index in [4.69, 9.17) is 9.47 Å². The molecule has 1 aliphatic rings. The van der Waals surface area contributed by atoms with Crippen LogP contribution in [0.15, 0.2) is 25.3 Å². The van der Waals surface area contributed by atoms with Gasteiger partial charge in [0.05, 0.1) is 11.7 Å². The van der Waals surface area contributed by atoms with Crippen LogP contribution in [0.3, 0.4) is 0 Å². The van der Waals surface area contributed by atoms with Crippen molar-refractivity contribution in [3.8, 4) is 0 Å². The van der Waals surface area contributed by atoms with E-state index in [-0.39, 0.29) is 18.9 Å². The lowest BCUT2D eigenvalue weighted by Gasteiger charge is -2.44. The third-order valence-electron chi connectivity index (χ3n) is 4.26. The molecule has 0 saturated heterocycles. The fourth-order valence-corrected chi connectivity index (χ4v) is 2.61. The number of ether oxygens (including phenoxy) is 2. The normalized spacial score (nSPS) is 30.7. The third kappa shape index (κ3) is 4.42. The predicted octanol–water partition coefficient (Wildman–Crippen LogP) is 1.12. The van der Waals surface area contributed by atoms with Gasteiger partial charge in [0.25, 0.3) is 0 Å². The summed E-state index contributed by atoms with van der Waals surface area (Å²) >= 11 is 0. The summed E-state index contributed by atoms with van der Waals surface area (Å²) in [7, 11) is 0. The summed E-state index contributed by atoms with van der Waals surface area (Å²) in [6.45, 7) is 9.65. The van der Waals surface area contributed by atoms with E-state index in [2.05, 4.69) is 13.2 Å². The van der Waals surface area contributed by atoms with Crippen LogP contribution in [-0.4, -0.2) is 46.1 Å². The number of rotatable bonds is 6. The SMILES string of the molecule is C=CC(=O)OCC(C)(O)C1CCC(C)(OC(=O)C=C)C(O)C1. The molecule has 0 amide bonds. The molecule has 0 radical (unpaired) electrons. The van der Waals surface area contributed by atoms with Crippen molar-refractivity contribution in [1.29, 1.82) is 0 Å². The first-order valence-corrected chi connectivity index (χ1v) is 7.19. The average molecular weight is 312 g/mol. The second-order valence-electron chi connectivity index (χ2n) is 6.09. The van der Waals surface area contributed by atoms with Crippen LogP contribution in [0.5, 0.6) is 0 Å². The molecular formula is C16H24O6. The lowest BCUT2D eigenvalue weighted by molar-refractivity contribution is -0.183. The van der Waals surface area contributed by atoms with Gasteiger partial charge in [-0.05, 0) is 39.0 Å². The van der Waals surface area contributed by atoms with E-state index in [1.54, 1.807) is 13.8 Å². The lowest BCUT2D eigenvalue weighted by Crippen LogP contribution is -2.53. The van der Waals surface area contributed by atoms with Crippen molar-refractivity contribution in [3.05, 3.63) is 25.3 Å². The number of carbonyl (C=O) groups is 2. The first-order chi connectivity index (χ1) is 10.1. The van der Waals surface area contributed by atoms with Crippen LogP contribution in [-0.2, 0) is 19.1 Å². The number of hydrogen-bond acceptors (Lipinski definition) is 6. The zero-order chi connectivity index (χ0) is 17.0. The highest BCUT2D eigenvalue weighted by Crippen LogP contribution is 2.40. The van der Waals surface area contributed by atoms with Gasteiger partial charge in [0.1, 0.15) is 12.2 Å². The molecule has 0 spiro atoms. The molecule has 6 nitrogen and oxygen atoms in total. The Bertz CT molecular complexity index is 456. The quantitative estimate of drug-likeness (QED) is 0.564. The van der Waals surface area contributed by atoms with Crippen LogP contribution < -0.4 is 0 Å². The Morgan fingerprint density at radius 2 is 1.95 bits per heavy atom. The van der Waals surface area contributed by atoms with Gasteiger partial charge in [0, 0.05) is 12.2 Å². The Labute approximate surface area is 130 Å². The number of hydrogen-bond donors (Lipinski definition) is 2. The summed E-state index contributed by atoms with van der Waals surface area (Å²) in [4.78, 5) is 22.4. The summed E-state index contributed by atoms with van der Waals surface area (Å²) in [5, 5.41) is 20.7. The van der Waals surface area contributed by atoms with Crippen LogP contribution in [0.25, 0.3) is 0 Å². The van der Waals surface area contributed by atoms with Crippen molar-refractivity contribution in [1.82, 2.24) is 0 Å². The van der Waals surface area contributed by atoms with Gasteiger partial charge in [0.15, 0.2) is 0 Å². The largest absolute Gasteiger partial charge is 0.459 e. The van der Waals surface area contributed by atoms with Crippen LogP contribution in [0, 0.1) is 5.92 Å². The summed E-state index contributed by atoms with van der Waals surface area (Å²) < 4.78 is 10.1. The third-order valence-corrected chi connectivity index (χ3v) is 4.26. The summed E-state index contributed by atoms with van der Waals surface area (Å²) in [5.41, 5.74) is -2.28. The van der Waals surface area contributed by atoms with E-state index in [0.717, 1.165) is 12.2 Å². The minimum atomic E-state index is -1.27. The molecule has 0 aromatic rings. The molecule has 2 N–H and O–H groups in total. The minimum Gasteiger partial charge on any atom is -0.459 e. The van der Waals surface area contributed by atoms with E-state index in [1.165, 1.54) is 0 Å². The summed E-state index contributed by atoms with van der Waals surface area (Å²) in [6.07, 6.45) is 2.31. The Hall–Kier alpha value is -1.66. The maximum atomic E-state index is 11.4. The van der Waals surface area contributed by atoms with E-state index in [9.17, 15) is 19.8 Å². The maximum Gasteiger partial charge on any atom is 0.330 e. The Kier molecular flexibility index (Phi) is 5.91.